The molecular weight excluding hydrogens is 318 g/mol. The first kappa shape index (κ1) is 18.9. The van der Waals surface area contributed by atoms with E-state index in [0.29, 0.717) is 5.11 Å². The SMILES string of the molecule is [CH2]CCCCCCCNC(=S)Nc1ccc(S(N)(=O)=O)cc1. The Morgan fingerprint density at radius 2 is 1.68 bits per heavy atom. The summed E-state index contributed by atoms with van der Waals surface area (Å²) in [5, 5.41) is 11.7. The Balaban J connectivity index is 2.25. The van der Waals surface area contributed by atoms with E-state index in [1.54, 1.807) is 12.1 Å². The molecule has 4 N–H and O–H groups in total. The third kappa shape index (κ3) is 7.72. The zero-order valence-electron chi connectivity index (χ0n) is 12.7. The molecular formula is C15H24N3O2S2. The first-order valence-electron chi connectivity index (χ1n) is 7.40. The van der Waals surface area contributed by atoms with Gasteiger partial charge in [0.15, 0.2) is 5.11 Å². The highest BCUT2D eigenvalue weighted by atomic mass is 32.2. The van der Waals surface area contributed by atoms with Crippen LogP contribution in [0.1, 0.15) is 38.5 Å². The summed E-state index contributed by atoms with van der Waals surface area (Å²) in [6.45, 7) is 4.65. The summed E-state index contributed by atoms with van der Waals surface area (Å²) in [5.74, 6) is 0. The monoisotopic (exact) mass is 342 g/mol. The van der Waals surface area contributed by atoms with E-state index in [4.69, 9.17) is 17.4 Å². The van der Waals surface area contributed by atoms with Gasteiger partial charge in [-0.3, -0.25) is 0 Å². The number of thiocarbonyl (C=S) groups is 1. The maximum atomic E-state index is 11.2. The summed E-state index contributed by atoms with van der Waals surface area (Å²) in [6.07, 6.45) is 6.93. The maximum Gasteiger partial charge on any atom is 0.238 e. The maximum absolute atomic E-state index is 11.2. The lowest BCUT2D eigenvalue weighted by Crippen LogP contribution is -2.29. The molecule has 7 heteroatoms. The highest BCUT2D eigenvalue weighted by Gasteiger charge is 2.06. The summed E-state index contributed by atoms with van der Waals surface area (Å²) < 4.78 is 22.3. The van der Waals surface area contributed by atoms with Crippen molar-refractivity contribution >= 4 is 33.0 Å². The Kier molecular flexibility index (Phi) is 8.37. The number of nitrogens with one attached hydrogen (secondary N) is 2. The minimum atomic E-state index is -3.66. The molecule has 0 heterocycles. The van der Waals surface area contributed by atoms with Crippen molar-refractivity contribution in [2.45, 2.75) is 43.4 Å². The minimum Gasteiger partial charge on any atom is -0.362 e. The molecule has 0 aliphatic rings. The van der Waals surface area contributed by atoms with Gasteiger partial charge in [-0.25, -0.2) is 13.6 Å². The molecule has 1 radical (unpaired) electrons. The molecule has 123 valence electrons. The van der Waals surface area contributed by atoms with E-state index in [1.165, 1.54) is 37.8 Å². The van der Waals surface area contributed by atoms with Crippen molar-refractivity contribution in [2.24, 2.45) is 5.14 Å². The lowest BCUT2D eigenvalue weighted by molar-refractivity contribution is 0.598. The molecule has 0 saturated carbocycles. The van der Waals surface area contributed by atoms with E-state index in [1.807, 2.05) is 0 Å². The van der Waals surface area contributed by atoms with Gasteiger partial charge in [0.2, 0.25) is 10.0 Å². The van der Waals surface area contributed by atoms with Crippen LogP contribution in [-0.4, -0.2) is 20.1 Å². The second-order valence-corrected chi connectivity index (χ2v) is 7.04. The van der Waals surface area contributed by atoms with Crippen LogP contribution in [0.2, 0.25) is 0 Å². The van der Waals surface area contributed by atoms with E-state index < -0.39 is 10.0 Å². The molecule has 0 aliphatic heterocycles. The Morgan fingerprint density at radius 3 is 2.27 bits per heavy atom. The first-order valence-corrected chi connectivity index (χ1v) is 9.36. The van der Waals surface area contributed by atoms with Gasteiger partial charge in [0, 0.05) is 12.2 Å². The average Bonchev–Trinajstić information content (AvgIpc) is 2.46. The van der Waals surface area contributed by atoms with Gasteiger partial charge in [-0.1, -0.05) is 39.0 Å². The zero-order chi connectivity index (χ0) is 16.4. The number of benzene rings is 1. The molecule has 1 aromatic rings. The fourth-order valence-corrected chi connectivity index (χ4v) is 2.67. The normalized spacial score (nSPS) is 11.2. The molecule has 1 aromatic carbocycles. The molecule has 0 saturated heterocycles. The molecule has 1 rings (SSSR count). The van der Waals surface area contributed by atoms with Crippen molar-refractivity contribution in [3.63, 3.8) is 0 Å². The lowest BCUT2D eigenvalue weighted by atomic mass is 10.1. The Bertz CT molecular complexity index is 557. The molecule has 0 aromatic heterocycles. The molecule has 0 aliphatic carbocycles. The molecule has 0 atom stereocenters. The predicted octanol–water partition coefficient (Wildman–Crippen LogP) is 2.80. The van der Waals surface area contributed by atoms with Crippen molar-refractivity contribution in [1.82, 2.24) is 5.32 Å². The van der Waals surface area contributed by atoms with Gasteiger partial charge in [-0.15, -0.1) is 0 Å². The number of hydrogen-bond acceptors (Lipinski definition) is 3. The fraction of sp³-hybridized carbons (Fsp3) is 0.467. The van der Waals surface area contributed by atoms with Crippen LogP contribution in [0.4, 0.5) is 5.69 Å². The molecule has 0 amide bonds. The topological polar surface area (TPSA) is 84.2 Å². The molecule has 0 unspecified atom stereocenters. The Hall–Kier alpha value is -1.18. The van der Waals surface area contributed by atoms with Crippen molar-refractivity contribution in [3.05, 3.63) is 31.2 Å². The standard InChI is InChI=1S/C15H24N3O2S2/c1-2-3-4-5-6-7-12-17-15(21)18-13-8-10-14(11-9-13)22(16,19)20/h8-11H,1-7,12H2,(H2,16,19,20)(H2,17,18,21). The van der Waals surface area contributed by atoms with Crippen LogP contribution in [0.5, 0.6) is 0 Å². The lowest BCUT2D eigenvalue weighted by Gasteiger charge is -2.10. The van der Waals surface area contributed by atoms with Crippen LogP contribution < -0.4 is 15.8 Å². The van der Waals surface area contributed by atoms with Crippen LogP contribution in [0.15, 0.2) is 29.2 Å². The number of unbranched alkanes of at least 4 members (excludes halogenated alkanes) is 5. The van der Waals surface area contributed by atoms with Crippen LogP contribution in [0, 0.1) is 6.92 Å². The smallest absolute Gasteiger partial charge is 0.238 e. The summed E-state index contributed by atoms with van der Waals surface area (Å²) in [5.41, 5.74) is 0.723. The molecule has 5 nitrogen and oxygen atoms in total. The van der Waals surface area contributed by atoms with Gasteiger partial charge in [0.05, 0.1) is 4.90 Å². The summed E-state index contributed by atoms with van der Waals surface area (Å²) >= 11 is 5.19. The number of primary sulfonamides is 1. The highest BCUT2D eigenvalue weighted by molar-refractivity contribution is 7.89. The van der Waals surface area contributed by atoms with Gasteiger partial charge in [-0.05, 0) is 42.9 Å². The number of rotatable bonds is 9. The average molecular weight is 343 g/mol. The van der Waals surface area contributed by atoms with Crippen LogP contribution in [0.3, 0.4) is 0 Å². The second-order valence-electron chi connectivity index (χ2n) is 5.07. The number of anilines is 1. The van der Waals surface area contributed by atoms with Gasteiger partial charge in [-0.2, -0.15) is 0 Å². The van der Waals surface area contributed by atoms with Crippen molar-refractivity contribution in [3.8, 4) is 0 Å². The number of hydrogen-bond donors (Lipinski definition) is 3. The van der Waals surface area contributed by atoms with Gasteiger partial charge < -0.3 is 10.6 Å². The van der Waals surface area contributed by atoms with Crippen LogP contribution >= 0.6 is 12.2 Å². The van der Waals surface area contributed by atoms with E-state index in [2.05, 4.69) is 17.6 Å². The second kappa shape index (κ2) is 9.76. The number of sulfonamides is 1. The van der Waals surface area contributed by atoms with Gasteiger partial charge in [0.1, 0.15) is 0 Å². The highest BCUT2D eigenvalue weighted by Crippen LogP contribution is 2.12. The van der Waals surface area contributed by atoms with Crippen LogP contribution in [0.25, 0.3) is 0 Å². The molecule has 22 heavy (non-hydrogen) atoms. The summed E-state index contributed by atoms with van der Waals surface area (Å²) in [4.78, 5) is 0.0826. The van der Waals surface area contributed by atoms with Gasteiger partial charge >= 0.3 is 0 Å². The minimum absolute atomic E-state index is 0.0826. The quantitative estimate of drug-likeness (QED) is 0.475. The molecule has 0 spiro atoms. The zero-order valence-corrected chi connectivity index (χ0v) is 14.3. The largest absolute Gasteiger partial charge is 0.362 e. The molecule has 0 fully saturated rings. The van der Waals surface area contributed by atoms with Crippen molar-refractivity contribution in [2.75, 3.05) is 11.9 Å². The Morgan fingerprint density at radius 1 is 1.09 bits per heavy atom. The predicted molar refractivity (Wildman–Crippen MR) is 95.1 cm³/mol. The molecule has 0 bridgehead atoms. The fourth-order valence-electron chi connectivity index (χ4n) is 1.94. The summed E-state index contributed by atoms with van der Waals surface area (Å²) in [7, 11) is -3.66. The number of nitrogens with two attached hydrogens (primary N) is 1. The van der Waals surface area contributed by atoms with E-state index in [9.17, 15) is 8.42 Å². The van der Waals surface area contributed by atoms with Gasteiger partial charge in [0.25, 0.3) is 0 Å². The van der Waals surface area contributed by atoms with Crippen LogP contribution in [-0.2, 0) is 10.0 Å². The van der Waals surface area contributed by atoms with E-state index >= 15 is 0 Å². The van der Waals surface area contributed by atoms with Crippen molar-refractivity contribution in [1.29, 1.82) is 0 Å². The third-order valence-corrected chi connectivity index (χ3v) is 4.33. The van der Waals surface area contributed by atoms with Crippen molar-refractivity contribution < 1.29 is 8.42 Å². The first-order chi connectivity index (χ1) is 10.4. The van der Waals surface area contributed by atoms with E-state index in [-0.39, 0.29) is 4.90 Å². The third-order valence-electron chi connectivity index (χ3n) is 3.15. The Labute approximate surface area is 138 Å². The van der Waals surface area contributed by atoms with E-state index in [0.717, 1.165) is 25.1 Å². The summed E-state index contributed by atoms with van der Waals surface area (Å²) in [6, 6.07) is 6.16.